The first-order valence-electron chi connectivity index (χ1n) is 6.97. The van der Waals surface area contributed by atoms with Crippen molar-refractivity contribution in [2.24, 2.45) is 0 Å². The molecule has 0 fully saturated rings. The van der Waals surface area contributed by atoms with Gasteiger partial charge < -0.3 is 5.32 Å². The number of carbonyl (C=O) groups excluding carboxylic acids is 1. The van der Waals surface area contributed by atoms with Crippen LogP contribution >= 0.6 is 15.9 Å². The molecule has 2 nitrogen and oxygen atoms in total. The third-order valence-electron chi connectivity index (χ3n) is 3.73. The summed E-state index contributed by atoms with van der Waals surface area (Å²) in [6.45, 7) is 0. The Morgan fingerprint density at radius 2 is 1.95 bits per heavy atom. The van der Waals surface area contributed by atoms with Crippen LogP contribution in [0.15, 0.2) is 40.9 Å². The summed E-state index contributed by atoms with van der Waals surface area (Å²) in [5, 5.41) is 2.62. The molecule has 0 spiro atoms. The topological polar surface area (TPSA) is 29.1 Å². The Hall–Kier alpha value is -1.68. The molecule has 0 saturated heterocycles. The summed E-state index contributed by atoms with van der Waals surface area (Å²) in [7, 11) is 0. The Morgan fingerprint density at radius 3 is 2.76 bits per heavy atom. The van der Waals surface area contributed by atoms with Gasteiger partial charge in [-0.25, -0.2) is 4.39 Å². The van der Waals surface area contributed by atoms with Crippen LogP contribution < -0.4 is 5.32 Å². The van der Waals surface area contributed by atoms with Crippen molar-refractivity contribution in [3.63, 3.8) is 0 Å². The Bertz CT molecular complexity index is 699. The molecule has 1 aliphatic carbocycles. The summed E-state index contributed by atoms with van der Waals surface area (Å²) in [5.74, 6) is -0.638. The van der Waals surface area contributed by atoms with Crippen LogP contribution in [0.1, 0.15) is 23.1 Å². The normalized spacial score (nSPS) is 13.0. The van der Waals surface area contributed by atoms with Crippen LogP contribution in [0.3, 0.4) is 0 Å². The molecule has 21 heavy (non-hydrogen) atoms. The van der Waals surface area contributed by atoms with Gasteiger partial charge in [0.2, 0.25) is 5.91 Å². The van der Waals surface area contributed by atoms with Gasteiger partial charge in [-0.3, -0.25) is 4.79 Å². The molecule has 0 aliphatic heterocycles. The molecular weight excluding hydrogens is 333 g/mol. The molecule has 3 rings (SSSR count). The Balaban J connectivity index is 1.69. The molecule has 0 unspecified atom stereocenters. The zero-order valence-corrected chi connectivity index (χ0v) is 13.0. The van der Waals surface area contributed by atoms with Crippen molar-refractivity contribution in [2.75, 3.05) is 5.32 Å². The first-order chi connectivity index (χ1) is 10.1. The number of aryl methyl sites for hydroxylation is 2. The van der Waals surface area contributed by atoms with E-state index in [0.717, 1.165) is 18.4 Å². The lowest BCUT2D eigenvalue weighted by Gasteiger charge is -2.08. The molecule has 108 valence electrons. The van der Waals surface area contributed by atoms with Gasteiger partial charge in [0.05, 0.1) is 12.1 Å². The van der Waals surface area contributed by atoms with E-state index in [0.29, 0.717) is 4.47 Å². The predicted octanol–water partition coefficient (Wildman–Crippen LogP) is 4.26. The van der Waals surface area contributed by atoms with Crippen LogP contribution in [0.4, 0.5) is 10.1 Å². The highest BCUT2D eigenvalue weighted by atomic mass is 79.9. The van der Waals surface area contributed by atoms with Crippen LogP contribution in [0.25, 0.3) is 0 Å². The van der Waals surface area contributed by atoms with Crippen LogP contribution in [0, 0.1) is 5.82 Å². The van der Waals surface area contributed by atoms with Crippen LogP contribution in [0.5, 0.6) is 0 Å². The van der Waals surface area contributed by atoms with Gasteiger partial charge in [0, 0.05) is 4.47 Å². The predicted molar refractivity (Wildman–Crippen MR) is 84.9 cm³/mol. The average Bonchev–Trinajstić information content (AvgIpc) is 2.89. The monoisotopic (exact) mass is 347 g/mol. The van der Waals surface area contributed by atoms with Gasteiger partial charge in [0.25, 0.3) is 0 Å². The smallest absolute Gasteiger partial charge is 0.228 e. The summed E-state index contributed by atoms with van der Waals surface area (Å²) in [4.78, 5) is 12.0. The molecular formula is C17H15BrFNO. The second-order valence-corrected chi connectivity index (χ2v) is 6.22. The van der Waals surface area contributed by atoms with E-state index in [2.05, 4.69) is 33.4 Å². The van der Waals surface area contributed by atoms with E-state index >= 15 is 0 Å². The maximum absolute atomic E-state index is 13.7. The van der Waals surface area contributed by atoms with E-state index in [1.54, 1.807) is 12.1 Å². The van der Waals surface area contributed by atoms with Gasteiger partial charge in [0.1, 0.15) is 5.82 Å². The number of hydrogen-bond donors (Lipinski definition) is 1. The lowest BCUT2D eigenvalue weighted by Crippen LogP contribution is -2.15. The van der Waals surface area contributed by atoms with E-state index in [1.807, 2.05) is 6.07 Å². The number of anilines is 1. The molecule has 0 heterocycles. The number of nitrogens with one attached hydrogen (secondary N) is 1. The zero-order valence-electron chi connectivity index (χ0n) is 11.5. The standard InChI is InChI=1S/C17H15BrFNO/c18-14-6-7-16(15(19)10-14)20-17(21)9-11-4-5-12-2-1-3-13(12)8-11/h4-8,10H,1-3,9H2,(H,20,21). The minimum atomic E-state index is -0.438. The van der Waals surface area contributed by atoms with Crippen molar-refractivity contribution < 1.29 is 9.18 Å². The largest absolute Gasteiger partial charge is 0.323 e. The molecule has 4 heteroatoms. The second-order valence-electron chi connectivity index (χ2n) is 5.31. The molecule has 2 aromatic rings. The fourth-order valence-corrected chi connectivity index (χ4v) is 3.04. The molecule has 1 N–H and O–H groups in total. The number of carbonyl (C=O) groups is 1. The molecule has 2 aromatic carbocycles. The first kappa shape index (κ1) is 14.3. The van der Waals surface area contributed by atoms with Crippen molar-refractivity contribution in [3.8, 4) is 0 Å². The Kier molecular flexibility index (Phi) is 4.06. The molecule has 0 aromatic heterocycles. The zero-order chi connectivity index (χ0) is 14.8. The quantitative estimate of drug-likeness (QED) is 0.882. The lowest BCUT2D eigenvalue weighted by molar-refractivity contribution is -0.115. The van der Waals surface area contributed by atoms with Gasteiger partial charge in [-0.05, 0) is 54.2 Å². The number of benzene rings is 2. The van der Waals surface area contributed by atoms with Crippen LogP contribution in [-0.4, -0.2) is 5.91 Å². The second kappa shape index (κ2) is 5.98. The van der Waals surface area contributed by atoms with Gasteiger partial charge in [-0.1, -0.05) is 34.1 Å². The minimum absolute atomic E-state index is 0.200. The molecule has 1 aliphatic rings. The highest BCUT2D eigenvalue weighted by Crippen LogP contribution is 2.23. The van der Waals surface area contributed by atoms with E-state index in [9.17, 15) is 9.18 Å². The summed E-state index contributed by atoms with van der Waals surface area (Å²) in [5.41, 5.74) is 3.92. The Morgan fingerprint density at radius 1 is 1.14 bits per heavy atom. The van der Waals surface area contributed by atoms with Crippen molar-refractivity contribution >= 4 is 27.5 Å². The molecule has 0 atom stereocenters. The van der Waals surface area contributed by atoms with Crippen LogP contribution in [0.2, 0.25) is 0 Å². The fourth-order valence-electron chi connectivity index (χ4n) is 2.71. The van der Waals surface area contributed by atoms with Gasteiger partial charge >= 0.3 is 0 Å². The number of halogens is 2. The fraction of sp³-hybridized carbons (Fsp3) is 0.235. The molecule has 1 amide bonds. The average molecular weight is 348 g/mol. The van der Waals surface area contributed by atoms with Gasteiger partial charge in [-0.2, -0.15) is 0 Å². The summed E-state index contributed by atoms with van der Waals surface area (Å²) in [6, 6.07) is 10.8. The van der Waals surface area contributed by atoms with Crippen molar-refractivity contribution in [1.29, 1.82) is 0 Å². The molecule has 0 saturated carbocycles. The first-order valence-corrected chi connectivity index (χ1v) is 7.77. The number of rotatable bonds is 3. The highest BCUT2D eigenvalue weighted by molar-refractivity contribution is 9.10. The van der Waals surface area contributed by atoms with E-state index in [1.165, 1.54) is 23.6 Å². The molecule has 0 bridgehead atoms. The summed E-state index contributed by atoms with van der Waals surface area (Å²) >= 11 is 3.19. The van der Waals surface area contributed by atoms with Crippen molar-refractivity contribution in [1.82, 2.24) is 0 Å². The van der Waals surface area contributed by atoms with E-state index in [4.69, 9.17) is 0 Å². The Labute approximate surface area is 131 Å². The number of hydrogen-bond acceptors (Lipinski definition) is 1. The SMILES string of the molecule is O=C(Cc1ccc2c(c1)CCC2)Nc1ccc(Br)cc1F. The van der Waals surface area contributed by atoms with Crippen molar-refractivity contribution in [3.05, 3.63) is 63.4 Å². The van der Waals surface area contributed by atoms with E-state index < -0.39 is 5.82 Å². The van der Waals surface area contributed by atoms with Gasteiger partial charge in [0.15, 0.2) is 0 Å². The third-order valence-corrected chi connectivity index (χ3v) is 4.23. The minimum Gasteiger partial charge on any atom is -0.323 e. The number of amides is 1. The van der Waals surface area contributed by atoms with Crippen LogP contribution in [-0.2, 0) is 24.1 Å². The maximum Gasteiger partial charge on any atom is 0.228 e. The summed E-state index contributed by atoms with van der Waals surface area (Å²) in [6.07, 6.45) is 3.68. The van der Waals surface area contributed by atoms with E-state index in [-0.39, 0.29) is 18.0 Å². The van der Waals surface area contributed by atoms with Gasteiger partial charge in [-0.15, -0.1) is 0 Å². The summed E-state index contributed by atoms with van der Waals surface area (Å²) < 4.78 is 14.3. The molecule has 0 radical (unpaired) electrons. The third kappa shape index (κ3) is 3.32. The maximum atomic E-state index is 13.7. The lowest BCUT2D eigenvalue weighted by atomic mass is 10.0. The van der Waals surface area contributed by atoms with Crippen molar-refractivity contribution in [2.45, 2.75) is 25.7 Å². The highest BCUT2D eigenvalue weighted by Gasteiger charge is 2.13. The number of fused-ring (bicyclic) bond motifs is 1.